The van der Waals surface area contributed by atoms with Crippen molar-refractivity contribution in [3.05, 3.63) is 70.4 Å². The molecule has 1 aliphatic rings. The molecule has 0 bridgehead atoms. The Bertz CT molecular complexity index is 1060. The fraction of sp³-hybridized carbons (Fsp3) is 0.389. The van der Waals surface area contributed by atoms with Gasteiger partial charge in [-0.2, -0.15) is 0 Å². The molecule has 1 aromatic heterocycles. The van der Waals surface area contributed by atoms with Crippen LogP contribution < -0.4 is 20.9 Å². The second-order valence-corrected chi connectivity index (χ2v) is 11.0. The summed E-state index contributed by atoms with van der Waals surface area (Å²) in [4.78, 5) is 25.5. The molecule has 2 aromatic rings. The molecule has 2 heterocycles. The lowest BCUT2D eigenvalue weighted by Crippen LogP contribution is -2.41. The number of nitrogens with zero attached hydrogens (tertiary/aromatic N) is 1. The van der Waals surface area contributed by atoms with Gasteiger partial charge in [0.15, 0.2) is 10.0 Å². The number of ether oxygens (including phenoxy) is 1. The SMILES string of the molecule is [CH2]C(C)NP(=O)(OC[C@H]1O[C@@H](n2ccc(=O)[nH]c2=O)[C@](Cl)(Br)[C@@H]1O)Oc1ccccc1. The minimum atomic E-state index is -3.90. The van der Waals surface area contributed by atoms with Crippen LogP contribution in [0.5, 0.6) is 5.75 Å². The second kappa shape index (κ2) is 9.58. The summed E-state index contributed by atoms with van der Waals surface area (Å²) in [6.07, 6.45) is -2.47. The summed E-state index contributed by atoms with van der Waals surface area (Å²) >= 11 is 9.57. The molecule has 1 aliphatic heterocycles. The largest absolute Gasteiger partial charge is 0.459 e. The highest BCUT2D eigenvalue weighted by atomic mass is 79.9. The molecule has 1 aromatic carbocycles. The number of nitrogens with one attached hydrogen (secondary N) is 2. The topological polar surface area (TPSA) is 132 Å². The zero-order valence-electron chi connectivity index (χ0n) is 16.3. The van der Waals surface area contributed by atoms with E-state index in [1.165, 1.54) is 6.20 Å². The maximum Gasteiger partial charge on any atom is 0.459 e. The van der Waals surface area contributed by atoms with Gasteiger partial charge in [-0.1, -0.05) is 45.7 Å². The van der Waals surface area contributed by atoms with Crippen molar-refractivity contribution in [2.75, 3.05) is 6.61 Å². The van der Waals surface area contributed by atoms with Crippen LogP contribution in [0.25, 0.3) is 0 Å². The Morgan fingerprint density at radius 3 is 2.71 bits per heavy atom. The molecule has 1 saturated heterocycles. The molecule has 0 spiro atoms. The number of H-pyrrole nitrogens is 1. The van der Waals surface area contributed by atoms with Gasteiger partial charge in [-0.3, -0.25) is 18.9 Å². The second-order valence-electron chi connectivity index (χ2n) is 6.89. The van der Waals surface area contributed by atoms with Gasteiger partial charge in [-0.15, -0.1) is 0 Å². The summed E-state index contributed by atoms with van der Waals surface area (Å²) in [5, 5.41) is 13.3. The molecular formula is C18H21BrClN3O7P. The molecule has 13 heteroatoms. The van der Waals surface area contributed by atoms with Crippen LogP contribution in [-0.4, -0.2) is 43.3 Å². The van der Waals surface area contributed by atoms with E-state index in [4.69, 9.17) is 25.4 Å². The Labute approximate surface area is 191 Å². The molecule has 0 aliphatic carbocycles. The molecule has 6 atom stereocenters. The van der Waals surface area contributed by atoms with Crippen molar-refractivity contribution in [2.45, 2.75) is 35.2 Å². The number of alkyl halides is 2. The van der Waals surface area contributed by atoms with Crippen LogP contribution >= 0.6 is 35.3 Å². The third kappa shape index (κ3) is 5.67. The first-order valence-corrected chi connectivity index (χ1v) is 11.9. The van der Waals surface area contributed by atoms with Gasteiger partial charge in [0.25, 0.3) is 5.56 Å². The Hall–Kier alpha value is -1.46. The quantitative estimate of drug-likeness (QED) is 0.345. The maximum atomic E-state index is 13.2. The number of aromatic nitrogens is 2. The van der Waals surface area contributed by atoms with Gasteiger partial charge in [0.2, 0.25) is 0 Å². The van der Waals surface area contributed by atoms with Crippen LogP contribution in [0.4, 0.5) is 0 Å². The van der Waals surface area contributed by atoms with E-state index in [0.29, 0.717) is 5.75 Å². The highest BCUT2D eigenvalue weighted by Crippen LogP contribution is 2.50. The first-order valence-electron chi connectivity index (χ1n) is 9.15. The fourth-order valence-corrected chi connectivity index (χ4v) is 5.25. The zero-order valence-corrected chi connectivity index (χ0v) is 19.5. The van der Waals surface area contributed by atoms with Crippen LogP contribution in [0.2, 0.25) is 0 Å². The van der Waals surface area contributed by atoms with Crippen molar-refractivity contribution in [3.63, 3.8) is 0 Å². The van der Waals surface area contributed by atoms with Crippen molar-refractivity contribution in [1.82, 2.24) is 14.6 Å². The van der Waals surface area contributed by atoms with Gasteiger partial charge in [-0.05, 0) is 26.0 Å². The van der Waals surface area contributed by atoms with Crippen molar-refractivity contribution < 1.29 is 23.5 Å². The Morgan fingerprint density at radius 2 is 2.10 bits per heavy atom. The van der Waals surface area contributed by atoms with E-state index < -0.39 is 47.3 Å². The number of aliphatic hydroxyl groups is 1. The Balaban J connectivity index is 1.78. The molecule has 0 saturated carbocycles. The van der Waals surface area contributed by atoms with Crippen molar-refractivity contribution >= 4 is 35.3 Å². The number of halogens is 2. The zero-order chi connectivity index (χ0) is 22.8. The molecule has 3 rings (SSSR count). The normalized spacial score (nSPS) is 27.9. The third-order valence-electron chi connectivity index (χ3n) is 4.24. The van der Waals surface area contributed by atoms with E-state index in [1.54, 1.807) is 37.3 Å². The number of benzene rings is 1. The summed E-state index contributed by atoms with van der Waals surface area (Å²) in [6, 6.07) is 9.02. The molecule has 1 radical (unpaired) electrons. The lowest BCUT2D eigenvalue weighted by Gasteiger charge is -2.25. The van der Waals surface area contributed by atoms with Crippen LogP contribution in [0.15, 0.2) is 52.2 Å². The molecule has 1 fully saturated rings. The van der Waals surface area contributed by atoms with Gasteiger partial charge in [0, 0.05) is 18.3 Å². The van der Waals surface area contributed by atoms with Crippen LogP contribution in [-0.2, 0) is 13.8 Å². The summed E-state index contributed by atoms with van der Waals surface area (Å²) in [6.45, 7) is 5.00. The van der Waals surface area contributed by atoms with E-state index >= 15 is 0 Å². The monoisotopic (exact) mass is 536 g/mol. The highest BCUT2D eigenvalue weighted by molar-refractivity contribution is 9.10. The lowest BCUT2D eigenvalue weighted by atomic mass is 10.2. The average molecular weight is 538 g/mol. The molecule has 169 valence electrons. The van der Waals surface area contributed by atoms with Crippen molar-refractivity contribution in [2.24, 2.45) is 0 Å². The lowest BCUT2D eigenvalue weighted by molar-refractivity contribution is -0.0427. The maximum absolute atomic E-state index is 13.2. The van der Waals surface area contributed by atoms with Crippen molar-refractivity contribution in [1.29, 1.82) is 0 Å². The summed E-state index contributed by atoms with van der Waals surface area (Å²) in [7, 11) is -3.90. The minimum Gasteiger partial charge on any atom is -0.413 e. The number of hydrogen-bond donors (Lipinski definition) is 3. The first kappa shape index (κ1) is 24.2. The minimum absolute atomic E-state index is 0.303. The fourth-order valence-electron chi connectivity index (χ4n) is 2.87. The average Bonchev–Trinajstić information content (AvgIpc) is 2.90. The number of aromatic amines is 1. The summed E-state index contributed by atoms with van der Waals surface area (Å²) in [5.74, 6) is 0.303. The van der Waals surface area contributed by atoms with Gasteiger partial charge < -0.3 is 14.4 Å². The van der Waals surface area contributed by atoms with Gasteiger partial charge >= 0.3 is 13.4 Å². The van der Waals surface area contributed by atoms with Crippen LogP contribution in [0.3, 0.4) is 0 Å². The molecule has 10 nitrogen and oxygen atoms in total. The first-order chi connectivity index (χ1) is 14.5. The number of para-hydroxylation sites is 1. The van der Waals surface area contributed by atoms with E-state index in [9.17, 15) is 19.3 Å². The number of aliphatic hydroxyl groups excluding tert-OH is 1. The van der Waals surface area contributed by atoms with Gasteiger partial charge in [-0.25, -0.2) is 14.4 Å². The standard InChI is InChI=1S/C18H21BrClN3O7P/c1-11(2)22-31(27,30-12-6-4-3-5-7-12)28-10-13-15(25)18(19,20)16(29-13)23-9-8-14(24)21-17(23)26/h3-9,11,13,15-16,25H,1,10H2,2H3,(H,22,27)(H,21,24,26)/t11?,13-,15-,16-,18+,31?/m1/s1. The predicted octanol–water partition coefficient (Wildman–Crippen LogP) is 2.14. The molecule has 3 N–H and O–H groups in total. The van der Waals surface area contributed by atoms with E-state index in [2.05, 4.69) is 32.9 Å². The molecular weight excluding hydrogens is 517 g/mol. The van der Waals surface area contributed by atoms with E-state index in [-0.39, 0.29) is 6.61 Å². The summed E-state index contributed by atoms with van der Waals surface area (Å²) < 4.78 is 29.3. The smallest absolute Gasteiger partial charge is 0.413 e. The van der Waals surface area contributed by atoms with Gasteiger partial charge in [0.1, 0.15) is 18.0 Å². The number of hydrogen-bond acceptors (Lipinski definition) is 7. The van der Waals surface area contributed by atoms with E-state index in [1.807, 2.05) is 0 Å². The number of rotatable bonds is 8. The van der Waals surface area contributed by atoms with Crippen molar-refractivity contribution in [3.8, 4) is 5.75 Å². The Morgan fingerprint density at radius 1 is 1.42 bits per heavy atom. The highest BCUT2D eigenvalue weighted by Gasteiger charge is 2.55. The third-order valence-corrected chi connectivity index (χ3v) is 7.21. The van der Waals surface area contributed by atoms with Gasteiger partial charge in [0.05, 0.1) is 6.61 Å². The Kier molecular flexibility index (Phi) is 7.47. The van der Waals surface area contributed by atoms with E-state index in [0.717, 1.165) is 10.6 Å². The summed E-state index contributed by atoms with van der Waals surface area (Å²) in [5.41, 5.74) is -1.37. The van der Waals surface area contributed by atoms with Crippen LogP contribution in [0, 0.1) is 6.92 Å². The molecule has 2 unspecified atom stereocenters. The van der Waals surface area contributed by atoms with Crippen LogP contribution in [0.1, 0.15) is 13.2 Å². The predicted molar refractivity (Wildman–Crippen MR) is 117 cm³/mol. The molecule has 31 heavy (non-hydrogen) atoms. The molecule has 0 amide bonds.